The minimum atomic E-state index is -2.82. The summed E-state index contributed by atoms with van der Waals surface area (Å²) in [5, 5.41) is 11.4. The second kappa shape index (κ2) is 8.04. The Morgan fingerprint density at radius 2 is 2.15 bits per heavy atom. The second-order valence-corrected chi connectivity index (χ2v) is 11.5. The van der Waals surface area contributed by atoms with Crippen molar-refractivity contribution >= 4 is 38.9 Å². The van der Waals surface area contributed by atoms with Crippen LogP contribution in [-0.2, 0) is 15.3 Å². The number of aliphatic imine (C=N–C) groups is 1. The van der Waals surface area contributed by atoms with Gasteiger partial charge in [-0.25, -0.2) is 22.9 Å². The smallest absolute Gasteiger partial charge is 0.276 e. The van der Waals surface area contributed by atoms with Gasteiger partial charge in [-0.3, -0.25) is 9.79 Å². The topological polar surface area (TPSA) is 146 Å². The van der Waals surface area contributed by atoms with Crippen molar-refractivity contribution in [2.75, 3.05) is 17.6 Å². The van der Waals surface area contributed by atoms with Gasteiger partial charge in [0.2, 0.25) is 0 Å². The molecule has 0 radical (unpaired) electrons. The number of carbonyl (C=O) groups excluding carboxylic acids is 1. The third-order valence-electron chi connectivity index (χ3n) is 5.98. The first-order valence-corrected chi connectivity index (χ1v) is 12.2. The fourth-order valence-corrected chi connectivity index (χ4v) is 7.25. The zero-order valence-corrected chi connectivity index (χ0v) is 19.5. The Hall–Kier alpha value is -3.10. The number of fused-ring (bicyclic) bond motifs is 1. The number of hydrogen-bond donors (Lipinski definition) is 2. The minimum Gasteiger partial charge on any atom is -0.386 e. The van der Waals surface area contributed by atoms with E-state index in [9.17, 15) is 13.4 Å². The Morgan fingerprint density at radius 3 is 2.85 bits per heavy atom. The standard InChI is InChI=1S/C21H21ClFN7O2S/c1-20(11-33(32)21(2,19(25)30-20)6-3-7-27-33)17-14(23)4-5-15(28-17)29-18(31)16-13(22)8-12(9-24)10-26-16/h4-5,8,10H,3,6-7,11H2,1-2H3,(H2,25,30)(H,28,29,31)/t20-,21-,33?/m0/s1. The molecule has 9 nitrogen and oxygen atoms in total. The molecule has 0 saturated carbocycles. The van der Waals surface area contributed by atoms with Crippen LogP contribution in [-0.4, -0.2) is 43.0 Å². The number of nitriles is 1. The van der Waals surface area contributed by atoms with E-state index in [1.165, 1.54) is 18.3 Å². The molecule has 12 heteroatoms. The maximum atomic E-state index is 14.9. The Kier molecular flexibility index (Phi) is 5.62. The number of halogens is 2. The highest BCUT2D eigenvalue weighted by atomic mass is 35.5. The zero-order valence-electron chi connectivity index (χ0n) is 17.9. The third kappa shape index (κ3) is 3.83. The second-order valence-electron chi connectivity index (χ2n) is 8.39. The van der Waals surface area contributed by atoms with Crippen molar-refractivity contribution in [3.63, 3.8) is 0 Å². The largest absolute Gasteiger partial charge is 0.386 e. The van der Waals surface area contributed by atoms with Crippen LogP contribution >= 0.6 is 11.6 Å². The summed E-state index contributed by atoms with van der Waals surface area (Å²) in [6, 6.07) is 5.61. The summed E-state index contributed by atoms with van der Waals surface area (Å²) >= 11 is 6.05. The first-order valence-electron chi connectivity index (χ1n) is 10.1. The quantitative estimate of drug-likeness (QED) is 0.677. The Morgan fingerprint density at radius 1 is 1.39 bits per heavy atom. The number of amides is 1. The number of rotatable bonds is 3. The molecule has 2 aromatic rings. The van der Waals surface area contributed by atoms with E-state index in [0.29, 0.717) is 13.0 Å². The summed E-state index contributed by atoms with van der Waals surface area (Å²) < 4.78 is 32.2. The van der Waals surface area contributed by atoms with Crippen LogP contribution < -0.4 is 11.1 Å². The predicted molar refractivity (Wildman–Crippen MR) is 123 cm³/mol. The molecule has 4 heterocycles. The van der Waals surface area contributed by atoms with Crippen molar-refractivity contribution in [1.29, 1.82) is 5.26 Å². The summed E-state index contributed by atoms with van der Waals surface area (Å²) in [5.41, 5.74) is 4.90. The molecule has 0 saturated heterocycles. The Bertz CT molecular complexity index is 1360. The maximum absolute atomic E-state index is 14.9. The summed E-state index contributed by atoms with van der Waals surface area (Å²) in [7, 11) is -2.82. The Labute approximate surface area is 195 Å². The first-order chi connectivity index (χ1) is 15.5. The molecule has 172 valence electrons. The van der Waals surface area contributed by atoms with Crippen LogP contribution in [0.3, 0.4) is 0 Å². The van der Waals surface area contributed by atoms with Crippen LogP contribution in [0.4, 0.5) is 10.2 Å². The fourth-order valence-electron chi connectivity index (χ4n) is 4.08. The average molecular weight is 490 g/mol. The van der Waals surface area contributed by atoms with Gasteiger partial charge in [0, 0.05) is 12.7 Å². The third-order valence-corrected chi connectivity index (χ3v) is 9.65. The van der Waals surface area contributed by atoms with Gasteiger partial charge in [0.15, 0.2) is 0 Å². The minimum absolute atomic E-state index is 0.0133. The maximum Gasteiger partial charge on any atom is 0.276 e. The van der Waals surface area contributed by atoms with E-state index in [4.69, 9.17) is 22.6 Å². The van der Waals surface area contributed by atoms with Gasteiger partial charge < -0.3 is 11.1 Å². The van der Waals surface area contributed by atoms with E-state index in [-0.39, 0.29) is 39.4 Å². The lowest BCUT2D eigenvalue weighted by Crippen LogP contribution is -2.57. The van der Waals surface area contributed by atoms with Crippen molar-refractivity contribution in [2.45, 2.75) is 37.0 Å². The zero-order chi connectivity index (χ0) is 24.0. The molecule has 3 N–H and O–H groups in total. The number of nitrogens with zero attached hydrogens (tertiary/aromatic N) is 5. The van der Waals surface area contributed by atoms with Crippen molar-refractivity contribution in [1.82, 2.24) is 9.97 Å². The van der Waals surface area contributed by atoms with E-state index in [0.717, 1.165) is 12.5 Å². The van der Waals surface area contributed by atoms with Gasteiger partial charge in [0.25, 0.3) is 5.91 Å². The van der Waals surface area contributed by atoms with Crippen LogP contribution in [0.1, 0.15) is 48.4 Å². The Balaban J connectivity index is 1.70. The van der Waals surface area contributed by atoms with Gasteiger partial charge in [0.1, 0.15) is 45.2 Å². The van der Waals surface area contributed by atoms with Crippen molar-refractivity contribution in [2.24, 2.45) is 15.1 Å². The molecule has 2 aliphatic heterocycles. The predicted octanol–water partition coefficient (Wildman–Crippen LogP) is 3.00. The molecular formula is C21H21ClFN7O2S. The number of nitrogens with one attached hydrogen (secondary N) is 1. The molecule has 2 aromatic heterocycles. The van der Waals surface area contributed by atoms with Crippen LogP contribution in [0.2, 0.25) is 5.02 Å². The summed E-state index contributed by atoms with van der Waals surface area (Å²) in [6.45, 7) is 3.83. The van der Waals surface area contributed by atoms with Gasteiger partial charge in [-0.1, -0.05) is 11.6 Å². The molecule has 3 atom stereocenters. The van der Waals surface area contributed by atoms with Gasteiger partial charge in [-0.15, -0.1) is 0 Å². The van der Waals surface area contributed by atoms with E-state index in [2.05, 4.69) is 24.6 Å². The number of nitrogens with two attached hydrogens (primary N) is 1. The number of carbonyl (C=O) groups is 1. The van der Waals surface area contributed by atoms with Crippen LogP contribution in [0.5, 0.6) is 0 Å². The van der Waals surface area contributed by atoms with Crippen LogP contribution in [0.15, 0.2) is 33.8 Å². The molecule has 1 amide bonds. The molecule has 0 bridgehead atoms. The summed E-state index contributed by atoms with van der Waals surface area (Å²) in [4.78, 5) is 25.3. The van der Waals surface area contributed by atoms with Crippen LogP contribution in [0, 0.1) is 17.1 Å². The summed E-state index contributed by atoms with van der Waals surface area (Å²) in [6.07, 6.45) is 2.55. The van der Waals surface area contributed by atoms with Gasteiger partial charge in [-0.2, -0.15) is 5.26 Å². The van der Waals surface area contributed by atoms with Crippen molar-refractivity contribution in [3.05, 3.63) is 52.2 Å². The van der Waals surface area contributed by atoms with Crippen LogP contribution in [0.25, 0.3) is 0 Å². The number of hydrogen-bond acceptors (Lipinski definition) is 8. The number of anilines is 1. The lowest BCUT2D eigenvalue weighted by molar-refractivity contribution is 0.102. The molecule has 4 rings (SSSR count). The highest BCUT2D eigenvalue weighted by Gasteiger charge is 2.51. The van der Waals surface area contributed by atoms with Gasteiger partial charge in [-0.05, 0) is 44.9 Å². The molecular weight excluding hydrogens is 469 g/mol. The lowest BCUT2D eigenvalue weighted by Gasteiger charge is -2.43. The normalized spacial score (nSPS) is 28.6. The first kappa shape index (κ1) is 23.1. The monoisotopic (exact) mass is 489 g/mol. The molecule has 1 unspecified atom stereocenters. The van der Waals surface area contributed by atoms with E-state index in [1.807, 2.05) is 6.07 Å². The van der Waals surface area contributed by atoms with Crippen molar-refractivity contribution in [3.8, 4) is 6.07 Å². The number of pyridine rings is 2. The van der Waals surface area contributed by atoms with Gasteiger partial charge in [0.05, 0.1) is 26.1 Å². The molecule has 0 aromatic carbocycles. The molecule has 0 aliphatic carbocycles. The van der Waals surface area contributed by atoms with Crippen molar-refractivity contribution < 1.29 is 13.4 Å². The molecule has 2 aliphatic rings. The SMILES string of the molecule is C[C@@]12CCCN=S1(=O)C[C@@](C)(c1nc(NC(=O)c3ncc(C#N)cc3Cl)ccc1F)N=C2N. The molecule has 33 heavy (non-hydrogen) atoms. The van der Waals surface area contributed by atoms with Gasteiger partial charge >= 0.3 is 0 Å². The highest BCUT2D eigenvalue weighted by molar-refractivity contribution is 7.95. The average Bonchev–Trinajstić information content (AvgIpc) is 2.76. The highest BCUT2D eigenvalue weighted by Crippen LogP contribution is 2.42. The van der Waals surface area contributed by atoms with E-state index in [1.54, 1.807) is 13.8 Å². The summed E-state index contributed by atoms with van der Waals surface area (Å²) in [5.74, 6) is -1.22. The lowest BCUT2D eigenvalue weighted by atomic mass is 9.96. The number of amidine groups is 1. The number of aromatic nitrogens is 2. The van der Waals surface area contributed by atoms with E-state index >= 15 is 0 Å². The fraction of sp³-hybridized carbons (Fsp3) is 0.381. The van der Waals surface area contributed by atoms with E-state index < -0.39 is 31.7 Å². The molecule has 0 fully saturated rings. The molecule has 0 spiro atoms.